The van der Waals surface area contributed by atoms with Crippen molar-refractivity contribution in [2.45, 2.75) is 44.7 Å². The fourth-order valence-corrected chi connectivity index (χ4v) is 3.48. The summed E-state index contributed by atoms with van der Waals surface area (Å²) in [6.07, 6.45) is 4.96. The molecule has 19 heavy (non-hydrogen) atoms. The molecule has 1 aromatic rings. The van der Waals surface area contributed by atoms with Crippen molar-refractivity contribution in [2.75, 3.05) is 13.1 Å². The highest BCUT2D eigenvalue weighted by atomic mass is 79.9. The molecule has 1 aliphatic heterocycles. The fourth-order valence-electron chi connectivity index (χ4n) is 2.97. The van der Waals surface area contributed by atoms with Crippen LogP contribution in [0.3, 0.4) is 0 Å². The summed E-state index contributed by atoms with van der Waals surface area (Å²) < 4.78 is 14.5. The lowest BCUT2D eigenvalue weighted by atomic mass is 10.0. The summed E-state index contributed by atoms with van der Waals surface area (Å²) in [6, 6.07) is 5.46. The molecule has 0 spiro atoms. The van der Waals surface area contributed by atoms with Crippen molar-refractivity contribution in [1.82, 2.24) is 4.90 Å². The van der Waals surface area contributed by atoms with E-state index < -0.39 is 0 Å². The Morgan fingerprint density at radius 3 is 2.95 bits per heavy atom. The Balaban J connectivity index is 2.29. The summed E-state index contributed by atoms with van der Waals surface area (Å²) in [6.45, 7) is 3.82. The minimum Gasteiger partial charge on any atom is -0.329 e. The van der Waals surface area contributed by atoms with Crippen molar-refractivity contribution in [1.29, 1.82) is 0 Å². The Hall–Kier alpha value is -0.450. The van der Waals surface area contributed by atoms with Crippen molar-refractivity contribution in [2.24, 2.45) is 5.73 Å². The highest BCUT2D eigenvalue weighted by Gasteiger charge is 2.26. The molecule has 2 atom stereocenters. The second-order valence-corrected chi connectivity index (χ2v) is 6.21. The summed E-state index contributed by atoms with van der Waals surface area (Å²) in [5.41, 5.74) is 6.95. The number of rotatable bonds is 3. The molecule has 0 aromatic heterocycles. The maximum atomic E-state index is 13.5. The second kappa shape index (κ2) is 6.82. The van der Waals surface area contributed by atoms with E-state index in [1.807, 2.05) is 0 Å². The minimum atomic E-state index is -0.195. The molecule has 1 aromatic carbocycles. The molecule has 0 amide bonds. The number of likely N-dealkylation sites (tertiary alicyclic amines) is 1. The monoisotopic (exact) mass is 328 g/mol. The molecule has 106 valence electrons. The normalized spacial score (nSPS) is 23.1. The van der Waals surface area contributed by atoms with Gasteiger partial charge in [0, 0.05) is 23.1 Å². The van der Waals surface area contributed by atoms with Gasteiger partial charge in [0.25, 0.3) is 0 Å². The largest absolute Gasteiger partial charge is 0.329 e. The Bertz CT molecular complexity index is 425. The first-order chi connectivity index (χ1) is 9.13. The molecule has 4 heteroatoms. The molecule has 1 fully saturated rings. The zero-order valence-electron chi connectivity index (χ0n) is 11.4. The smallest absolute Gasteiger partial charge is 0.123 e. The Labute approximate surface area is 123 Å². The molecule has 2 rings (SSSR count). The van der Waals surface area contributed by atoms with Crippen LogP contribution in [0, 0.1) is 5.82 Å². The van der Waals surface area contributed by atoms with Crippen molar-refractivity contribution in [3.8, 4) is 0 Å². The average molecular weight is 329 g/mol. The SMILES string of the molecule is CC1CCCCCN1C(CN)c1cc(F)ccc1Br. The van der Waals surface area contributed by atoms with Gasteiger partial charge in [-0.15, -0.1) is 0 Å². The zero-order chi connectivity index (χ0) is 13.8. The van der Waals surface area contributed by atoms with E-state index in [2.05, 4.69) is 27.8 Å². The van der Waals surface area contributed by atoms with Crippen LogP contribution >= 0.6 is 15.9 Å². The fraction of sp³-hybridized carbons (Fsp3) is 0.600. The Kier molecular flexibility index (Phi) is 5.37. The van der Waals surface area contributed by atoms with Crippen LogP contribution in [-0.2, 0) is 0 Å². The average Bonchev–Trinajstić information content (AvgIpc) is 2.60. The van der Waals surface area contributed by atoms with Gasteiger partial charge in [0.1, 0.15) is 5.82 Å². The standard InChI is InChI=1S/C15H22BrFN2/c1-11-5-3-2-4-8-19(11)15(10-18)13-9-12(17)6-7-14(13)16/h6-7,9,11,15H,2-5,8,10,18H2,1H3. The van der Waals surface area contributed by atoms with Crippen molar-refractivity contribution >= 4 is 15.9 Å². The number of nitrogens with zero attached hydrogens (tertiary/aromatic N) is 1. The predicted octanol–water partition coefficient (Wildman–Crippen LogP) is 3.85. The summed E-state index contributed by atoms with van der Waals surface area (Å²) in [7, 11) is 0. The second-order valence-electron chi connectivity index (χ2n) is 5.35. The first-order valence-electron chi connectivity index (χ1n) is 7.04. The van der Waals surface area contributed by atoms with Gasteiger partial charge in [0.05, 0.1) is 0 Å². The van der Waals surface area contributed by atoms with E-state index in [0.717, 1.165) is 16.6 Å². The molecule has 2 unspecified atom stereocenters. The Morgan fingerprint density at radius 2 is 2.21 bits per heavy atom. The maximum absolute atomic E-state index is 13.5. The lowest BCUT2D eigenvalue weighted by Crippen LogP contribution is -2.40. The minimum absolute atomic E-state index is 0.0955. The zero-order valence-corrected chi connectivity index (χ0v) is 13.0. The van der Waals surface area contributed by atoms with E-state index in [1.54, 1.807) is 12.1 Å². The van der Waals surface area contributed by atoms with Crippen LogP contribution in [0.1, 0.15) is 44.2 Å². The van der Waals surface area contributed by atoms with Gasteiger partial charge in [0.2, 0.25) is 0 Å². The van der Waals surface area contributed by atoms with Crippen molar-refractivity contribution in [3.05, 3.63) is 34.1 Å². The van der Waals surface area contributed by atoms with Crippen molar-refractivity contribution in [3.63, 3.8) is 0 Å². The van der Waals surface area contributed by atoms with Crippen molar-refractivity contribution < 1.29 is 4.39 Å². The molecular weight excluding hydrogens is 307 g/mol. The molecule has 2 N–H and O–H groups in total. The first kappa shape index (κ1) is 14.9. The lowest BCUT2D eigenvalue weighted by Gasteiger charge is -2.35. The number of hydrogen-bond acceptors (Lipinski definition) is 2. The molecule has 1 heterocycles. The highest BCUT2D eigenvalue weighted by Crippen LogP contribution is 2.32. The van der Waals surface area contributed by atoms with Gasteiger partial charge < -0.3 is 5.73 Å². The molecular formula is C15H22BrFN2. The van der Waals surface area contributed by atoms with Gasteiger partial charge in [-0.3, -0.25) is 4.90 Å². The van der Waals surface area contributed by atoms with E-state index >= 15 is 0 Å². The quantitative estimate of drug-likeness (QED) is 0.913. The van der Waals surface area contributed by atoms with Crippen LogP contribution in [-0.4, -0.2) is 24.0 Å². The molecule has 0 aliphatic carbocycles. The van der Waals surface area contributed by atoms with Gasteiger partial charge in [-0.05, 0) is 50.1 Å². The third kappa shape index (κ3) is 3.56. The molecule has 2 nitrogen and oxygen atoms in total. The molecule has 1 saturated heterocycles. The van der Waals surface area contributed by atoms with Crippen LogP contribution in [0.4, 0.5) is 4.39 Å². The van der Waals surface area contributed by atoms with E-state index in [-0.39, 0.29) is 11.9 Å². The molecule has 1 aliphatic rings. The third-order valence-electron chi connectivity index (χ3n) is 4.05. The highest BCUT2D eigenvalue weighted by molar-refractivity contribution is 9.10. The van der Waals surface area contributed by atoms with Gasteiger partial charge >= 0.3 is 0 Å². The summed E-state index contributed by atoms with van der Waals surface area (Å²) in [4.78, 5) is 2.44. The van der Waals surface area contributed by atoms with Crippen LogP contribution in [0.25, 0.3) is 0 Å². The third-order valence-corrected chi connectivity index (χ3v) is 4.77. The summed E-state index contributed by atoms with van der Waals surface area (Å²) >= 11 is 3.53. The van der Waals surface area contributed by atoms with E-state index in [1.165, 1.54) is 31.7 Å². The number of hydrogen-bond donors (Lipinski definition) is 1. The van der Waals surface area contributed by atoms with Gasteiger partial charge in [0.15, 0.2) is 0 Å². The summed E-state index contributed by atoms with van der Waals surface area (Å²) in [5.74, 6) is -0.195. The molecule has 0 radical (unpaired) electrons. The molecule has 0 bridgehead atoms. The van der Waals surface area contributed by atoms with Gasteiger partial charge in [-0.25, -0.2) is 4.39 Å². The molecule has 0 saturated carbocycles. The van der Waals surface area contributed by atoms with E-state index in [9.17, 15) is 4.39 Å². The predicted molar refractivity (Wildman–Crippen MR) is 80.5 cm³/mol. The number of halogens is 2. The Morgan fingerprint density at radius 1 is 1.42 bits per heavy atom. The first-order valence-corrected chi connectivity index (χ1v) is 7.83. The van der Waals surface area contributed by atoms with Crippen LogP contribution in [0.2, 0.25) is 0 Å². The topological polar surface area (TPSA) is 29.3 Å². The van der Waals surface area contributed by atoms with Crippen LogP contribution in [0.5, 0.6) is 0 Å². The van der Waals surface area contributed by atoms with Crippen LogP contribution < -0.4 is 5.73 Å². The van der Waals surface area contributed by atoms with E-state index in [0.29, 0.717) is 12.6 Å². The van der Waals surface area contributed by atoms with E-state index in [4.69, 9.17) is 5.73 Å². The number of benzene rings is 1. The van der Waals surface area contributed by atoms with Gasteiger partial charge in [-0.2, -0.15) is 0 Å². The van der Waals surface area contributed by atoms with Crippen LogP contribution in [0.15, 0.2) is 22.7 Å². The summed E-state index contributed by atoms with van der Waals surface area (Å²) in [5, 5.41) is 0. The number of nitrogens with two attached hydrogens (primary N) is 1. The lowest BCUT2D eigenvalue weighted by molar-refractivity contribution is 0.150. The van der Waals surface area contributed by atoms with Gasteiger partial charge in [-0.1, -0.05) is 28.8 Å². The maximum Gasteiger partial charge on any atom is 0.123 e.